The molecule has 1 aliphatic carbocycles. The fourth-order valence-electron chi connectivity index (χ4n) is 5.16. The van der Waals surface area contributed by atoms with Gasteiger partial charge >= 0.3 is 0 Å². The lowest BCUT2D eigenvalue weighted by atomic mass is 10.0. The molecule has 34 heavy (non-hydrogen) atoms. The normalized spacial score (nSPS) is 21.7. The molecule has 6 heteroatoms. The van der Waals surface area contributed by atoms with Gasteiger partial charge in [0.2, 0.25) is 0 Å². The van der Waals surface area contributed by atoms with E-state index in [1.54, 1.807) is 7.11 Å². The number of fused-ring (bicyclic) bond motifs is 3. The van der Waals surface area contributed by atoms with Gasteiger partial charge in [-0.25, -0.2) is 0 Å². The van der Waals surface area contributed by atoms with E-state index in [2.05, 4.69) is 52.0 Å². The number of piperazine rings is 1. The molecule has 0 spiro atoms. The van der Waals surface area contributed by atoms with Crippen LogP contribution in [0.1, 0.15) is 30.9 Å². The summed E-state index contributed by atoms with van der Waals surface area (Å²) >= 11 is 0. The summed E-state index contributed by atoms with van der Waals surface area (Å²) in [5, 5.41) is 1.22. The first-order valence-electron chi connectivity index (χ1n) is 12.6. The largest absolute Gasteiger partial charge is 0.497 e. The van der Waals surface area contributed by atoms with Gasteiger partial charge in [-0.1, -0.05) is 37.6 Å². The van der Waals surface area contributed by atoms with E-state index in [0.717, 1.165) is 62.8 Å². The summed E-state index contributed by atoms with van der Waals surface area (Å²) in [5.74, 6) is 1.91. The quantitative estimate of drug-likeness (QED) is 0.613. The van der Waals surface area contributed by atoms with Crippen LogP contribution in [0.4, 0.5) is 0 Å². The molecule has 1 fully saturated rings. The number of allylic oxidation sites excluding steroid dienone is 3. The minimum absolute atomic E-state index is 0.284. The van der Waals surface area contributed by atoms with Crippen LogP contribution in [0.25, 0.3) is 10.9 Å². The first-order chi connectivity index (χ1) is 16.7. The zero-order valence-electron chi connectivity index (χ0n) is 20.4. The lowest BCUT2D eigenvalue weighted by Gasteiger charge is -2.38. The number of rotatable bonds is 7. The Labute approximate surface area is 203 Å². The van der Waals surface area contributed by atoms with Gasteiger partial charge in [0.25, 0.3) is 0 Å². The Bertz CT molecular complexity index is 1090. The van der Waals surface area contributed by atoms with Crippen molar-refractivity contribution >= 4 is 10.9 Å². The van der Waals surface area contributed by atoms with Crippen molar-refractivity contribution in [3.63, 3.8) is 0 Å². The van der Waals surface area contributed by atoms with E-state index in [9.17, 15) is 0 Å². The van der Waals surface area contributed by atoms with Crippen LogP contribution in [0, 0.1) is 0 Å². The molecule has 0 N–H and O–H groups in total. The maximum atomic E-state index is 6.22. The molecule has 5 rings (SSSR count). The van der Waals surface area contributed by atoms with Crippen LogP contribution in [-0.2, 0) is 17.8 Å². The number of ether oxygens (including phenoxy) is 2. The van der Waals surface area contributed by atoms with E-state index in [0.29, 0.717) is 6.73 Å². The Morgan fingerprint density at radius 3 is 2.85 bits per heavy atom. The Hall–Kier alpha value is -2.67. The highest BCUT2D eigenvalue weighted by Crippen LogP contribution is 2.35. The second-order valence-corrected chi connectivity index (χ2v) is 9.42. The molecular formula is C28H36N4O2. The van der Waals surface area contributed by atoms with Gasteiger partial charge in [0, 0.05) is 63.0 Å². The zero-order chi connectivity index (χ0) is 23.3. The van der Waals surface area contributed by atoms with Crippen molar-refractivity contribution in [2.75, 3.05) is 46.6 Å². The number of unbranched alkanes of at least 4 members (excludes halogenated alkanes) is 1. The summed E-state index contributed by atoms with van der Waals surface area (Å²) in [5.41, 5.74) is 3.64. The van der Waals surface area contributed by atoms with E-state index < -0.39 is 0 Å². The highest BCUT2D eigenvalue weighted by molar-refractivity contribution is 5.89. The second-order valence-electron chi connectivity index (χ2n) is 9.42. The number of nitrogens with zero attached hydrogens (tertiary/aromatic N) is 4. The molecule has 0 radical (unpaired) electrons. The molecule has 1 aromatic heterocycles. The van der Waals surface area contributed by atoms with E-state index in [-0.39, 0.29) is 6.04 Å². The molecular weight excluding hydrogens is 424 g/mol. The zero-order valence-corrected chi connectivity index (χ0v) is 20.4. The van der Waals surface area contributed by atoms with Gasteiger partial charge in [-0.05, 0) is 36.3 Å². The van der Waals surface area contributed by atoms with Gasteiger partial charge in [-0.15, -0.1) is 0 Å². The van der Waals surface area contributed by atoms with Crippen molar-refractivity contribution in [1.29, 1.82) is 0 Å². The third-order valence-electron chi connectivity index (χ3n) is 7.10. The first-order valence-corrected chi connectivity index (χ1v) is 12.6. The standard InChI is InChI=1S/C28H36N4O2/c1-3-4-12-31-20-23-17-22(26-10-7-11-29-27(26)28(23)34-21-31)19-30-13-15-32(16-14-30)24-8-5-6-9-25(18-24)33-2/h5-11,17-18,24H,3-4,12-16,19-21H2,1-2H3. The monoisotopic (exact) mass is 460 g/mol. The summed E-state index contributed by atoms with van der Waals surface area (Å²) in [4.78, 5) is 12.2. The van der Waals surface area contributed by atoms with Crippen LogP contribution >= 0.6 is 0 Å². The maximum absolute atomic E-state index is 6.22. The van der Waals surface area contributed by atoms with Gasteiger partial charge in [0.15, 0.2) is 5.75 Å². The Kier molecular flexibility index (Phi) is 7.28. The van der Waals surface area contributed by atoms with Gasteiger partial charge in [0.05, 0.1) is 13.2 Å². The fourth-order valence-corrected chi connectivity index (χ4v) is 5.16. The summed E-state index contributed by atoms with van der Waals surface area (Å²) in [6.07, 6.45) is 15.0. The molecule has 0 saturated carbocycles. The minimum atomic E-state index is 0.284. The number of hydrogen-bond donors (Lipinski definition) is 0. The van der Waals surface area contributed by atoms with Crippen LogP contribution in [-0.4, -0.2) is 72.3 Å². The highest BCUT2D eigenvalue weighted by Gasteiger charge is 2.25. The number of methoxy groups -OCH3 is 1. The molecule has 1 unspecified atom stereocenters. The molecule has 2 aromatic rings. The van der Waals surface area contributed by atoms with Gasteiger partial charge < -0.3 is 9.47 Å². The molecule has 0 amide bonds. The third-order valence-corrected chi connectivity index (χ3v) is 7.10. The molecule has 1 aromatic carbocycles. The third kappa shape index (κ3) is 5.04. The Morgan fingerprint density at radius 1 is 1.15 bits per heavy atom. The molecule has 2 aliphatic heterocycles. The smallest absolute Gasteiger partial charge is 0.152 e. The predicted octanol–water partition coefficient (Wildman–Crippen LogP) is 4.33. The molecule has 6 nitrogen and oxygen atoms in total. The first kappa shape index (κ1) is 23.1. The molecule has 0 bridgehead atoms. The molecule has 1 saturated heterocycles. The van der Waals surface area contributed by atoms with Crippen molar-refractivity contribution < 1.29 is 9.47 Å². The van der Waals surface area contributed by atoms with Crippen molar-refractivity contribution in [1.82, 2.24) is 19.7 Å². The van der Waals surface area contributed by atoms with E-state index in [4.69, 9.17) is 14.5 Å². The number of pyridine rings is 1. The van der Waals surface area contributed by atoms with E-state index in [1.807, 2.05) is 24.4 Å². The lowest BCUT2D eigenvalue weighted by Crippen LogP contribution is -2.49. The van der Waals surface area contributed by atoms with Crippen molar-refractivity contribution in [3.8, 4) is 5.75 Å². The average Bonchev–Trinajstić information content (AvgIpc) is 3.14. The van der Waals surface area contributed by atoms with Crippen LogP contribution in [0.3, 0.4) is 0 Å². The maximum Gasteiger partial charge on any atom is 0.152 e. The van der Waals surface area contributed by atoms with Crippen LogP contribution in [0.2, 0.25) is 0 Å². The number of hydrogen-bond acceptors (Lipinski definition) is 6. The topological polar surface area (TPSA) is 41.1 Å². The number of benzene rings is 1. The SMILES string of the molecule is CCCCN1COc2c(cc(CN3CCN(C4C=CC=CC(OC)=C4)CC3)c3cccnc23)C1. The van der Waals surface area contributed by atoms with E-state index >= 15 is 0 Å². The summed E-state index contributed by atoms with van der Waals surface area (Å²) in [7, 11) is 1.74. The minimum Gasteiger partial charge on any atom is -0.497 e. The molecule has 3 heterocycles. The summed E-state index contributed by atoms with van der Waals surface area (Å²) < 4.78 is 11.7. The molecule has 180 valence electrons. The van der Waals surface area contributed by atoms with Crippen molar-refractivity contribution in [3.05, 3.63) is 71.7 Å². The summed E-state index contributed by atoms with van der Waals surface area (Å²) in [6, 6.07) is 6.89. The lowest BCUT2D eigenvalue weighted by molar-refractivity contribution is 0.0952. The predicted molar refractivity (Wildman–Crippen MR) is 137 cm³/mol. The van der Waals surface area contributed by atoms with Gasteiger partial charge in [-0.3, -0.25) is 19.7 Å². The van der Waals surface area contributed by atoms with Gasteiger partial charge in [-0.2, -0.15) is 0 Å². The fraction of sp³-hybridized carbons (Fsp3) is 0.464. The number of aromatic nitrogens is 1. The Balaban J connectivity index is 1.30. The van der Waals surface area contributed by atoms with Crippen molar-refractivity contribution in [2.45, 2.75) is 38.9 Å². The highest BCUT2D eigenvalue weighted by atomic mass is 16.5. The molecule has 1 atom stereocenters. The molecule has 3 aliphatic rings. The van der Waals surface area contributed by atoms with Crippen LogP contribution < -0.4 is 4.74 Å². The van der Waals surface area contributed by atoms with E-state index in [1.165, 1.54) is 29.4 Å². The Morgan fingerprint density at radius 2 is 2.03 bits per heavy atom. The van der Waals surface area contributed by atoms with Crippen LogP contribution in [0.15, 0.2) is 60.5 Å². The second kappa shape index (κ2) is 10.7. The average molecular weight is 461 g/mol. The van der Waals surface area contributed by atoms with Crippen LogP contribution in [0.5, 0.6) is 5.75 Å². The van der Waals surface area contributed by atoms with Gasteiger partial charge in [0.1, 0.15) is 18.0 Å². The van der Waals surface area contributed by atoms with Crippen molar-refractivity contribution in [2.24, 2.45) is 0 Å². The summed E-state index contributed by atoms with van der Waals surface area (Å²) in [6.45, 7) is 10.0.